The van der Waals surface area contributed by atoms with Gasteiger partial charge in [0.1, 0.15) is 5.75 Å². The van der Waals surface area contributed by atoms with E-state index in [0.717, 1.165) is 0 Å². The second-order valence-electron chi connectivity index (χ2n) is 6.58. The highest BCUT2D eigenvalue weighted by atomic mass is 16.5. The summed E-state index contributed by atoms with van der Waals surface area (Å²) in [4.78, 5) is 12.5. The lowest BCUT2D eigenvalue weighted by molar-refractivity contribution is 0.0734. The first-order valence-corrected chi connectivity index (χ1v) is 7.93. The van der Waals surface area contributed by atoms with Crippen molar-refractivity contribution in [2.24, 2.45) is 0 Å². The molecule has 2 aromatic rings. The Morgan fingerprint density at radius 1 is 0.840 bits per heavy atom. The molecule has 0 fully saturated rings. The molecule has 0 amide bonds. The molecule has 0 aliphatic rings. The maximum atomic E-state index is 12.5. The van der Waals surface area contributed by atoms with E-state index in [2.05, 4.69) is 20.8 Å². The molecule has 25 heavy (non-hydrogen) atoms. The Morgan fingerprint density at radius 2 is 1.36 bits per heavy atom. The van der Waals surface area contributed by atoms with Crippen molar-refractivity contribution in [3.8, 4) is 23.0 Å². The van der Waals surface area contributed by atoms with Gasteiger partial charge in [-0.05, 0) is 35.2 Å². The molecule has 0 spiro atoms. The molecule has 0 aliphatic carbocycles. The largest absolute Gasteiger partial charge is 0.493 e. The Bertz CT molecular complexity index is 717. The van der Waals surface area contributed by atoms with Crippen LogP contribution in [0.15, 0.2) is 36.4 Å². The molecule has 5 nitrogen and oxygen atoms in total. The number of carbonyl (C=O) groups excluding carboxylic acids is 1. The zero-order valence-corrected chi connectivity index (χ0v) is 15.5. The summed E-state index contributed by atoms with van der Waals surface area (Å²) < 4.78 is 21.2. The summed E-state index contributed by atoms with van der Waals surface area (Å²) in [5, 5.41) is 0. The van der Waals surface area contributed by atoms with Crippen molar-refractivity contribution in [3.05, 3.63) is 47.5 Å². The van der Waals surface area contributed by atoms with Gasteiger partial charge < -0.3 is 18.9 Å². The third-order valence-electron chi connectivity index (χ3n) is 3.83. The molecular formula is C20H24O5. The second kappa shape index (κ2) is 7.47. The lowest BCUT2D eigenvalue weighted by Crippen LogP contribution is -2.12. The lowest BCUT2D eigenvalue weighted by atomic mass is 9.87. The molecule has 5 heteroatoms. The minimum Gasteiger partial charge on any atom is -0.493 e. The Kier molecular flexibility index (Phi) is 5.57. The molecule has 0 atom stereocenters. The van der Waals surface area contributed by atoms with Gasteiger partial charge in [-0.2, -0.15) is 0 Å². The highest BCUT2D eigenvalue weighted by Gasteiger charge is 2.19. The van der Waals surface area contributed by atoms with Gasteiger partial charge in [-0.25, -0.2) is 4.79 Å². The highest BCUT2D eigenvalue weighted by molar-refractivity contribution is 5.92. The lowest BCUT2D eigenvalue weighted by Gasteiger charge is -2.19. The van der Waals surface area contributed by atoms with E-state index in [1.54, 1.807) is 24.3 Å². The van der Waals surface area contributed by atoms with Crippen molar-refractivity contribution in [2.45, 2.75) is 26.2 Å². The zero-order chi connectivity index (χ0) is 18.6. The summed E-state index contributed by atoms with van der Waals surface area (Å²) in [6.07, 6.45) is 0. The van der Waals surface area contributed by atoms with E-state index in [0.29, 0.717) is 28.6 Å². The van der Waals surface area contributed by atoms with E-state index in [-0.39, 0.29) is 5.41 Å². The average molecular weight is 344 g/mol. The number of esters is 1. The van der Waals surface area contributed by atoms with Gasteiger partial charge in [0.2, 0.25) is 5.75 Å². The van der Waals surface area contributed by atoms with E-state index >= 15 is 0 Å². The minimum atomic E-state index is -0.497. The Hall–Kier alpha value is -2.69. The van der Waals surface area contributed by atoms with Gasteiger partial charge >= 0.3 is 5.97 Å². The molecule has 2 aromatic carbocycles. The molecule has 0 saturated carbocycles. The molecule has 0 radical (unpaired) electrons. The van der Waals surface area contributed by atoms with E-state index in [4.69, 9.17) is 18.9 Å². The summed E-state index contributed by atoms with van der Waals surface area (Å²) in [6, 6.07) is 10.6. The Labute approximate surface area is 148 Å². The summed E-state index contributed by atoms with van der Waals surface area (Å²) in [6.45, 7) is 6.39. The third kappa shape index (κ3) is 4.24. The van der Waals surface area contributed by atoms with Gasteiger partial charge in [0, 0.05) is 0 Å². The van der Waals surface area contributed by atoms with Gasteiger partial charge in [-0.3, -0.25) is 0 Å². The van der Waals surface area contributed by atoms with Crippen LogP contribution < -0.4 is 18.9 Å². The SMILES string of the molecule is COc1cc(C(=O)Oc2ccc(C(C)(C)C)cc2)cc(OC)c1OC. The van der Waals surface area contributed by atoms with Crippen molar-refractivity contribution in [3.63, 3.8) is 0 Å². The molecule has 0 aromatic heterocycles. The normalized spacial score (nSPS) is 11.0. The molecular weight excluding hydrogens is 320 g/mol. The van der Waals surface area contributed by atoms with Crippen LogP contribution in [-0.4, -0.2) is 27.3 Å². The Balaban J connectivity index is 2.26. The first-order chi connectivity index (χ1) is 11.8. The maximum absolute atomic E-state index is 12.5. The molecule has 0 saturated heterocycles. The van der Waals surface area contributed by atoms with E-state index in [9.17, 15) is 4.79 Å². The van der Waals surface area contributed by atoms with E-state index < -0.39 is 5.97 Å². The van der Waals surface area contributed by atoms with Crippen LogP contribution in [0, 0.1) is 0 Å². The van der Waals surface area contributed by atoms with Crippen LogP contribution >= 0.6 is 0 Å². The first-order valence-electron chi connectivity index (χ1n) is 7.93. The predicted molar refractivity (Wildman–Crippen MR) is 96.2 cm³/mol. The van der Waals surface area contributed by atoms with Crippen molar-refractivity contribution in [2.75, 3.05) is 21.3 Å². The number of benzene rings is 2. The quantitative estimate of drug-likeness (QED) is 0.600. The zero-order valence-electron chi connectivity index (χ0n) is 15.5. The average Bonchev–Trinajstić information content (AvgIpc) is 2.59. The van der Waals surface area contributed by atoms with Crippen molar-refractivity contribution in [1.29, 1.82) is 0 Å². The van der Waals surface area contributed by atoms with Crippen LogP contribution in [0.5, 0.6) is 23.0 Å². The van der Waals surface area contributed by atoms with Gasteiger partial charge in [0.25, 0.3) is 0 Å². The molecule has 0 bridgehead atoms. The van der Waals surface area contributed by atoms with E-state index in [1.807, 2.05) is 12.1 Å². The topological polar surface area (TPSA) is 54.0 Å². The molecule has 0 unspecified atom stereocenters. The van der Waals surface area contributed by atoms with Crippen LogP contribution in [0.25, 0.3) is 0 Å². The van der Waals surface area contributed by atoms with Crippen LogP contribution in [0.2, 0.25) is 0 Å². The number of rotatable bonds is 5. The second-order valence-corrected chi connectivity index (χ2v) is 6.58. The van der Waals surface area contributed by atoms with Gasteiger partial charge in [0.05, 0.1) is 26.9 Å². The Morgan fingerprint density at radius 3 is 1.76 bits per heavy atom. The number of hydrogen-bond acceptors (Lipinski definition) is 5. The standard InChI is InChI=1S/C20H24O5/c1-20(2,3)14-7-9-15(10-8-14)25-19(21)13-11-16(22-4)18(24-6)17(12-13)23-5/h7-12H,1-6H3. The number of ether oxygens (including phenoxy) is 4. The van der Waals surface area contributed by atoms with Gasteiger partial charge in [0.15, 0.2) is 11.5 Å². The van der Waals surface area contributed by atoms with Crippen molar-refractivity contribution < 1.29 is 23.7 Å². The molecule has 2 rings (SSSR count). The van der Waals surface area contributed by atoms with E-state index in [1.165, 1.54) is 26.9 Å². The summed E-state index contributed by atoms with van der Waals surface area (Å²) in [5.41, 5.74) is 1.52. The summed E-state index contributed by atoms with van der Waals surface area (Å²) >= 11 is 0. The number of carbonyl (C=O) groups is 1. The van der Waals surface area contributed by atoms with Crippen molar-refractivity contribution >= 4 is 5.97 Å². The fraction of sp³-hybridized carbons (Fsp3) is 0.350. The highest BCUT2D eigenvalue weighted by Crippen LogP contribution is 2.38. The summed E-state index contributed by atoms with van der Waals surface area (Å²) in [5.74, 6) is 1.21. The minimum absolute atomic E-state index is 0.0409. The monoisotopic (exact) mass is 344 g/mol. The molecule has 0 N–H and O–H groups in total. The molecule has 0 aliphatic heterocycles. The van der Waals surface area contributed by atoms with Crippen LogP contribution in [0.1, 0.15) is 36.7 Å². The molecule has 0 heterocycles. The van der Waals surface area contributed by atoms with Crippen molar-refractivity contribution in [1.82, 2.24) is 0 Å². The van der Waals surface area contributed by atoms with Gasteiger partial charge in [-0.1, -0.05) is 32.9 Å². The maximum Gasteiger partial charge on any atom is 0.343 e. The fourth-order valence-electron chi connectivity index (χ4n) is 2.39. The van der Waals surface area contributed by atoms with Crippen LogP contribution in [-0.2, 0) is 5.41 Å². The van der Waals surface area contributed by atoms with Crippen LogP contribution in [0.3, 0.4) is 0 Å². The predicted octanol–water partition coefficient (Wildman–Crippen LogP) is 4.23. The summed E-state index contributed by atoms with van der Waals surface area (Å²) in [7, 11) is 4.50. The number of methoxy groups -OCH3 is 3. The first kappa shape index (κ1) is 18.6. The molecule has 134 valence electrons. The third-order valence-corrected chi connectivity index (χ3v) is 3.83. The van der Waals surface area contributed by atoms with Crippen LogP contribution in [0.4, 0.5) is 0 Å². The van der Waals surface area contributed by atoms with Gasteiger partial charge in [-0.15, -0.1) is 0 Å². The number of hydrogen-bond donors (Lipinski definition) is 0. The smallest absolute Gasteiger partial charge is 0.343 e. The fourth-order valence-corrected chi connectivity index (χ4v) is 2.39.